The highest BCUT2D eigenvalue weighted by Crippen LogP contribution is 2.23. The summed E-state index contributed by atoms with van der Waals surface area (Å²) in [5.74, 6) is -0.895. The van der Waals surface area contributed by atoms with Crippen molar-refractivity contribution in [1.82, 2.24) is 5.32 Å². The Morgan fingerprint density at radius 1 is 1.11 bits per heavy atom. The van der Waals surface area contributed by atoms with Crippen LogP contribution in [-0.2, 0) is 9.59 Å². The molecule has 0 atom stereocenters. The van der Waals surface area contributed by atoms with Crippen LogP contribution in [0.2, 0.25) is 0 Å². The predicted octanol–water partition coefficient (Wildman–Crippen LogP) is 3.35. The van der Waals surface area contributed by atoms with E-state index in [1.54, 1.807) is 0 Å². The average Bonchev–Trinajstić information content (AvgIpc) is 2.25. The van der Waals surface area contributed by atoms with E-state index >= 15 is 0 Å². The standard InChI is InChI=1S/C15H29NO3/c1-6-15(7-2,11-13(18)19)16-12(17)9-8-10-14(3,4)5/h6-11H2,1-5H3,(H,16,17)(H,18,19). The first kappa shape index (κ1) is 17.9. The second-order valence-electron chi connectivity index (χ2n) is 6.52. The normalized spacial score (nSPS) is 12.3. The van der Waals surface area contributed by atoms with Gasteiger partial charge in [-0.25, -0.2) is 0 Å². The summed E-state index contributed by atoms with van der Waals surface area (Å²) in [5.41, 5.74) is -0.363. The van der Waals surface area contributed by atoms with E-state index in [0.717, 1.165) is 12.8 Å². The summed E-state index contributed by atoms with van der Waals surface area (Å²) in [5, 5.41) is 11.9. The summed E-state index contributed by atoms with van der Waals surface area (Å²) in [6.07, 6.45) is 3.57. The van der Waals surface area contributed by atoms with Crippen LogP contribution >= 0.6 is 0 Å². The Hall–Kier alpha value is -1.06. The van der Waals surface area contributed by atoms with Gasteiger partial charge >= 0.3 is 5.97 Å². The Labute approximate surface area is 117 Å². The number of carboxylic acids is 1. The number of nitrogens with one attached hydrogen (secondary N) is 1. The van der Waals surface area contributed by atoms with Crippen molar-refractivity contribution in [2.45, 2.75) is 78.7 Å². The van der Waals surface area contributed by atoms with Crippen molar-refractivity contribution >= 4 is 11.9 Å². The maximum atomic E-state index is 11.9. The van der Waals surface area contributed by atoms with Gasteiger partial charge in [0.2, 0.25) is 5.91 Å². The summed E-state index contributed by atoms with van der Waals surface area (Å²) in [6.45, 7) is 10.3. The van der Waals surface area contributed by atoms with Gasteiger partial charge in [-0.05, 0) is 31.1 Å². The van der Waals surface area contributed by atoms with E-state index in [9.17, 15) is 9.59 Å². The van der Waals surface area contributed by atoms with Crippen molar-refractivity contribution in [3.05, 3.63) is 0 Å². The summed E-state index contributed by atoms with van der Waals surface area (Å²) in [6, 6.07) is 0. The number of hydrogen-bond donors (Lipinski definition) is 2. The molecule has 4 nitrogen and oxygen atoms in total. The number of carboxylic acid groups (broad SMARTS) is 1. The first-order valence-electron chi connectivity index (χ1n) is 7.17. The minimum absolute atomic E-state index is 0.00892. The van der Waals surface area contributed by atoms with Gasteiger partial charge in [-0.15, -0.1) is 0 Å². The van der Waals surface area contributed by atoms with E-state index in [1.807, 2.05) is 13.8 Å². The van der Waals surface area contributed by atoms with Gasteiger partial charge in [0, 0.05) is 12.0 Å². The third-order valence-corrected chi connectivity index (χ3v) is 3.58. The highest BCUT2D eigenvalue weighted by Gasteiger charge is 2.30. The van der Waals surface area contributed by atoms with E-state index in [-0.39, 0.29) is 17.7 Å². The molecule has 0 rings (SSSR count). The second-order valence-corrected chi connectivity index (χ2v) is 6.52. The minimum Gasteiger partial charge on any atom is -0.481 e. The maximum Gasteiger partial charge on any atom is 0.305 e. The molecule has 0 saturated heterocycles. The number of carbonyl (C=O) groups excluding carboxylic acids is 1. The van der Waals surface area contributed by atoms with Crippen LogP contribution in [0.4, 0.5) is 0 Å². The van der Waals surface area contributed by atoms with Crippen LogP contribution in [-0.4, -0.2) is 22.5 Å². The molecule has 0 aromatic heterocycles. The summed E-state index contributed by atoms with van der Waals surface area (Å²) in [7, 11) is 0. The Kier molecular flexibility index (Phi) is 7.09. The molecular formula is C15H29NO3. The quantitative estimate of drug-likeness (QED) is 0.711. The molecule has 0 unspecified atom stereocenters. The number of rotatable bonds is 8. The van der Waals surface area contributed by atoms with Crippen molar-refractivity contribution in [2.24, 2.45) is 5.41 Å². The number of carbonyl (C=O) groups is 2. The lowest BCUT2D eigenvalue weighted by Gasteiger charge is -2.31. The van der Waals surface area contributed by atoms with Crippen molar-refractivity contribution < 1.29 is 14.7 Å². The maximum absolute atomic E-state index is 11.9. The lowest BCUT2D eigenvalue weighted by molar-refractivity contribution is -0.139. The summed E-state index contributed by atoms with van der Waals surface area (Å²) < 4.78 is 0. The van der Waals surface area contributed by atoms with Gasteiger partial charge in [-0.3, -0.25) is 9.59 Å². The van der Waals surface area contributed by atoms with Gasteiger partial charge in [0.1, 0.15) is 0 Å². The fraction of sp³-hybridized carbons (Fsp3) is 0.867. The van der Waals surface area contributed by atoms with Gasteiger partial charge in [0.05, 0.1) is 6.42 Å². The summed E-state index contributed by atoms with van der Waals surface area (Å²) in [4.78, 5) is 22.8. The van der Waals surface area contributed by atoms with Crippen LogP contribution in [0.5, 0.6) is 0 Å². The highest BCUT2D eigenvalue weighted by atomic mass is 16.4. The minimum atomic E-state index is -0.862. The topological polar surface area (TPSA) is 66.4 Å². The van der Waals surface area contributed by atoms with E-state index in [0.29, 0.717) is 19.3 Å². The first-order valence-corrected chi connectivity index (χ1v) is 7.17. The fourth-order valence-corrected chi connectivity index (χ4v) is 2.15. The molecule has 0 radical (unpaired) electrons. The molecule has 0 heterocycles. The first-order chi connectivity index (χ1) is 8.64. The number of amides is 1. The van der Waals surface area contributed by atoms with Gasteiger partial charge in [-0.1, -0.05) is 34.6 Å². The largest absolute Gasteiger partial charge is 0.481 e. The zero-order valence-corrected chi connectivity index (χ0v) is 13.0. The molecule has 112 valence electrons. The van der Waals surface area contributed by atoms with Crippen LogP contribution < -0.4 is 5.32 Å². The van der Waals surface area contributed by atoms with Gasteiger partial charge in [0.15, 0.2) is 0 Å². The lowest BCUT2D eigenvalue weighted by Crippen LogP contribution is -2.49. The number of aliphatic carboxylic acids is 1. The van der Waals surface area contributed by atoms with E-state index < -0.39 is 11.5 Å². The molecule has 0 fully saturated rings. The van der Waals surface area contributed by atoms with Crippen molar-refractivity contribution in [3.63, 3.8) is 0 Å². The lowest BCUT2D eigenvalue weighted by atomic mass is 9.87. The Morgan fingerprint density at radius 2 is 1.63 bits per heavy atom. The smallest absolute Gasteiger partial charge is 0.305 e. The monoisotopic (exact) mass is 271 g/mol. The molecule has 1 amide bonds. The Morgan fingerprint density at radius 3 is 2.00 bits per heavy atom. The SMILES string of the molecule is CCC(CC)(CC(=O)O)NC(=O)CCCC(C)(C)C. The molecule has 0 aromatic rings. The van der Waals surface area contributed by atoms with Crippen molar-refractivity contribution in [2.75, 3.05) is 0 Å². The molecule has 0 aliphatic carbocycles. The molecule has 19 heavy (non-hydrogen) atoms. The average molecular weight is 271 g/mol. The molecule has 0 aliphatic heterocycles. The molecule has 2 N–H and O–H groups in total. The molecule has 0 spiro atoms. The van der Waals surface area contributed by atoms with E-state index in [2.05, 4.69) is 26.1 Å². The van der Waals surface area contributed by atoms with E-state index in [1.165, 1.54) is 0 Å². The van der Waals surface area contributed by atoms with Gasteiger partial charge in [-0.2, -0.15) is 0 Å². The molecular weight excluding hydrogens is 242 g/mol. The van der Waals surface area contributed by atoms with Crippen LogP contribution in [0.15, 0.2) is 0 Å². The van der Waals surface area contributed by atoms with Crippen molar-refractivity contribution in [1.29, 1.82) is 0 Å². The van der Waals surface area contributed by atoms with Gasteiger partial charge < -0.3 is 10.4 Å². The van der Waals surface area contributed by atoms with Crippen LogP contribution in [0.3, 0.4) is 0 Å². The predicted molar refractivity (Wildman–Crippen MR) is 77.0 cm³/mol. The van der Waals surface area contributed by atoms with E-state index in [4.69, 9.17) is 5.11 Å². The molecule has 0 aromatic carbocycles. The Balaban J connectivity index is 4.36. The molecule has 0 aliphatic rings. The third kappa shape index (κ3) is 7.85. The zero-order valence-electron chi connectivity index (χ0n) is 13.0. The number of hydrogen-bond acceptors (Lipinski definition) is 2. The second kappa shape index (κ2) is 7.51. The van der Waals surface area contributed by atoms with Crippen LogP contribution in [0, 0.1) is 5.41 Å². The molecule has 4 heteroatoms. The molecule has 0 bridgehead atoms. The van der Waals surface area contributed by atoms with Crippen LogP contribution in [0.25, 0.3) is 0 Å². The fourth-order valence-electron chi connectivity index (χ4n) is 2.15. The third-order valence-electron chi connectivity index (χ3n) is 3.58. The van der Waals surface area contributed by atoms with Crippen LogP contribution in [0.1, 0.15) is 73.1 Å². The summed E-state index contributed by atoms with van der Waals surface area (Å²) >= 11 is 0. The Bertz CT molecular complexity index is 301. The van der Waals surface area contributed by atoms with Crippen molar-refractivity contribution in [3.8, 4) is 0 Å². The highest BCUT2D eigenvalue weighted by molar-refractivity contribution is 5.78. The molecule has 0 saturated carbocycles. The zero-order chi connectivity index (χ0) is 15.1. The van der Waals surface area contributed by atoms with Gasteiger partial charge in [0.25, 0.3) is 0 Å².